The molecule has 0 amide bonds. The van der Waals surface area contributed by atoms with Crippen LogP contribution in [-0.4, -0.2) is 5.78 Å². The fourth-order valence-corrected chi connectivity index (χ4v) is 2.67. The van der Waals surface area contributed by atoms with Crippen molar-refractivity contribution in [3.8, 4) is 0 Å². The summed E-state index contributed by atoms with van der Waals surface area (Å²) in [6.07, 6.45) is -2.62. The number of nitrogens with two attached hydrogens (primary N) is 1. The summed E-state index contributed by atoms with van der Waals surface area (Å²) < 4.78 is 37.8. The van der Waals surface area contributed by atoms with Crippen molar-refractivity contribution in [2.45, 2.75) is 6.18 Å². The number of carbonyl (C=O) groups excluding carboxylic acids is 1. The number of rotatable bonds is 2. The number of halogens is 3. The van der Waals surface area contributed by atoms with Gasteiger partial charge in [0.05, 0.1) is 5.56 Å². The summed E-state index contributed by atoms with van der Waals surface area (Å²) in [5, 5.41) is 2.19. The summed E-state index contributed by atoms with van der Waals surface area (Å²) in [4.78, 5) is 12.1. The first-order chi connectivity index (χ1) is 8.80. The molecule has 1 aromatic carbocycles. The molecule has 0 saturated heterocycles. The maximum absolute atomic E-state index is 12.6. The molecular formula is C13H11F3NOS+. The molecule has 0 aliphatic heterocycles. The second kappa shape index (κ2) is 4.70. The number of alkyl halides is 3. The summed E-state index contributed by atoms with van der Waals surface area (Å²) in [6, 6.07) is 5.93. The van der Waals surface area contributed by atoms with Crippen LogP contribution in [-0.2, 0) is 12.4 Å². The van der Waals surface area contributed by atoms with E-state index in [0.717, 1.165) is 12.1 Å². The molecule has 0 saturated carbocycles. The van der Waals surface area contributed by atoms with Crippen molar-refractivity contribution in [3.05, 3.63) is 52.4 Å². The van der Waals surface area contributed by atoms with Crippen LogP contribution in [0, 0.1) is 0 Å². The first-order valence-corrected chi connectivity index (χ1v) is 7.05. The number of hydrogen-bond donors (Lipinski definition) is 1. The zero-order valence-electron chi connectivity index (χ0n) is 9.99. The average Bonchev–Trinajstić information content (AvgIpc) is 2.68. The van der Waals surface area contributed by atoms with Gasteiger partial charge in [0.15, 0.2) is 5.78 Å². The normalized spacial score (nSPS) is 12.5. The molecule has 1 atom stereocenters. The lowest BCUT2D eigenvalue weighted by molar-refractivity contribution is -0.137. The Morgan fingerprint density at radius 3 is 2.47 bits per heavy atom. The number of aryl methyl sites for hydroxylation is 1. The van der Waals surface area contributed by atoms with E-state index >= 15 is 0 Å². The Morgan fingerprint density at radius 2 is 1.95 bits per heavy atom. The highest BCUT2D eigenvalue weighted by Gasteiger charge is 2.31. The molecule has 100 valence electrons. The van der Waals surface area contributed by atoms with Crippen molar-refractivity contribution in [1.29, 1.82) is 0 Å². The van der Waals surface area contributed by atoms with Crippen LogP contribution in [0.15, 0.2) is 35.7 Å². The monoisotopic (exact) mass is 286 g/mol. The van der Waals surface area contributed by atoms with Crippen LogP contribution in [0.25, 0.3) is 0 Å². The van der Waals surface area contributed by atoms with Crippen LogP contribution in [0.1, 0.15) is 21.5 Å². The van der Waals surface area contributed by atoms with Crippen LogP contribution >= 0.6 is 10.5 Å². The molecule has 0 bridgehead atoms. The van der Waals surface area contributed by atoms with Gasteiger partial charge in [-0.1, -0.05) is 12.1 Å². The van der Waals surface area contributed by atoms with Crippen molar-refractivity contribution < 1.29 is 18.0 Å². The largest absolute Gasteiger partial charge is 0.416 e. The Kier molecular flexibility index (Phi) is 3.36. The van der Waals surface area contributed by atoms with Crippen LogP contribution in [0.3, 0.4) is 0 Å². The van der Waals surface area contributed by atoms with Crippen molar-refractivity contribution in [2.75, 3.05) is 5.73 Å². The van der Waals surface area contributed by atoms with E-state index in [4.69, 9.17) is 5.73 Å². The molecule has 1 unspecified atom stereocenters. The molecule has 2 aromatic rings. The lowest BCUT2D eigenvalue weighted by atomic mass is 10.0. The van der Waals surface area contributed by atoms with Gasteiger partial charge < -0.3 is 5.73 Å². The SMILES string of the molecule is C[s+]1ccc(C(=O)c2cccc(C(F)(F)F)c2)c1N. The molecule has 0 aliphatic rings. The predicted octanol–water partition coefficient (Wildman–Crippen LogP) is 3.80. The maximum Gasteiger partial charge on any atom is 0.416 e. The second-order valence-corrected chi connectivity index (χ2v) is 5.87. The quantitative estimate of drug-likeness (QED) is 0.674. The molecule has 0 radical (unpaired) electrons. The van der Waals surface area contributed by atoms with E-state index in [0.29, 0.717) is 5.00 Å². The predicted molar refractivity (Wildman–Crippen MR) is 69.2 cm³/mol. The number of benzene rings is 1. The fourth-order valence-electron chi connectivity index (χ4n) is 1.68. The Hall–Kier alpha value is -1.82. The lowest BCUT2D eigenvalue weighted by Gasteiger charge is -2.07. The van der Waals surface area contributed by atoms with Gasteiger partial charge in [-0.05, 0) is 22.6 Å². The number of anilines is 1. The molecule has 19 heavy (non-hydrogen) atoms. The minimum Gasteiger partial charge on any atom is -0.355 e. The van der Waals surface area contributed by atoms with Gasteiger partial charge in [-0.2, -0.15) is 13.2 Å². The van der Waals surface area contributed by atoms with E-state index in [1.165, 1.54) is 12.1 Å². The van der Waals surface area contributed by atoms with Gasteiger partial charge in [-0.3, -0.25) is 4.79 Å². The Morgan fingerprint density at radius 1 is 1.26 bits per heavy atom. The van der Waals surface area contributed by atoms with Gasteiger partial charge in [0.1, 0.15) is 17.2 Å². The van der Waals surface area contributed by atoms with Gasteiger partial charge in [-0.25, -0.2) is 0 Å². The van der Waals surface area contributed by atoms with E-state index in [1.807, 2.05) is 6.26 Å². The first kappa shape index (κ1) is 13.6. The van der Waals surface area contributed by atoms with Crippen molar-refractivity contribution in [1.82, 2.24) is 0 Å². The second-order valence-electron chi connectivity index (χ2n) is 4.05. The zero-order chi connectivity index (χ0) is 14.2. The minimum absolute atomic E-state index is 0.00340. The molecule has 1 aromatic heterocycles. The molecule has 2 N–H and O–H groups in total. The number of nitrogen functional groups attached to an aromatic ring is 1. The number of ketones is 1. The van der Waals surface area contributed by atoms with Gasteiger partial charge >= 0.3 is 6.18 Å². The van der Waals surface area contributed by atoms with Crippen LogP contribution < -0.4 is 5.73 Å². The van der Waals surface area contributed by atoms with E-state index in [9.17, 15) is 18.0 Å². The number of thiophene rings is 1. The van der Waals surface area contributed by atoms with Gasteiger partial charge in [0, 0.05) is 11.6 Å². The molecule has 1 heterocycles. The average molecular weight is 286 g/mol. The molecule has 6 heteroatoms. The molecule has 0 aliphatic carbocycles. The van der Waals surface area contributed by atoms with Gasteiger partial charge in [-0.15, -0.1) is 0 Å². The summed E-state index contributed by atoms with van der Waals surface area (Å²) in [5.74, 6) is -0.475. The molecule has 0 fully saturated rings. The molecule has 2 nitrogen and oxygen atoms in total. The highest BCUT2D eigenvalue weighted by atomic mass is 32.2. The van der Waals surface area contributed by atoms with Gasteiger partial charge in [0.2, 0.25) is 5.00 Å². The van der Waals surface area contributed by atoms with Crippen molar-refractivity contribution in [2.24, 2.45) is 6.26 Å². The number of hydrogen-bond acceptors (Lipinski definition) is 2. The van der Waals surface area contributed by atoms with E-state index in [1.54, 1.807) is 11.4 Å². The molecular weight excluding hydrogens is 275 g/mol. The fraction of sp³-hybridized carbons (Fsp3) is 0.154. The highest BCUT2D eigenvalue weighted by molar-refractivity contribution is 7.31. The summed E-state index contributed by atoms with van der Waals surface area (Å²) in [5.41, 5.74) is 5.21. The third-order valence-corrected chi connectivity index (χ3v) is 4.21. The Balaban J connectivity index is 2.43. The van der Waals surface area contributed by atoms with Crippen LogP contribution in [0.5, 0.6) is 0 Å². The summed E-state index contributed by atoms with van der Waals surface area (Å²) in [6.45, 7) is 0. The highest BCUT2D eigenvalue weighted by Crippen LogP contribution is 2.33. The van der Waals surface area contributed by atoms with E-state index in [-0.39, 0.29) is 21.6 Å². The number of carbonyl (C=O) groups is 1. The van der Waals surface area contributed by atoms with Gasteiger partial charge in [0.25, 0.3) is 0 Å². The summed E-state index contributed by atoms with van der Waals surface area (Å²) >= 11 is 0. The maximum atomic E-state index is 12.6. The zero-order valence-corrected chi connectivity index (χ0v) is 10.8. The van der Waals surface area contributed by atoms with E-state index < -0.39 is 17.5 Å². The van der Waals surface area contributed by atoms with Crippen molar-refractivity contribution >= 4 is 21.3 Å². The first-order valence-electron chi connectivity index (χ1n) is 5.35. The topological polar surface area (TPSA) is 43.1 Å². The smallest absolute Gasteiger partial charge is 0.355 e. The van der Waals surface area contributed by atoms with Crippen LogP contribution in [0.4, 0.5) is 18.2 Å². The Bertz CT molecular complexity index is 631. The minimum atomic E-state index is -4.46. The van der Waals surface area contributed by atoms with Crippen LogP contribution in [0.2, 0.25) is 0 Å². The Labute approximate surface area is 110 Å². The van der Waals surface area contributed by atoms with Crippen molar-refractivity contribution in [3.63, 3.8) is 0 Å². The third kappa shape index (κ3) is 2.63. The summed E-state index contributed by atoms with van der Waals surface area (Å²) in [7, 11) is -0.331. The lowest BCUT2D eigenvalue weighted by Crippen LogP contribution is -2.08. The molecule has 0 spiro atoms. The van der Waals surface area contributed by atoms with E-state index in [2.05, 4.69) is 0 Å². The standard InChI is InChI=1S/C13H10F3NOS/c1-19-6-5-10(12(19)17)11(18)8-3-2-4-9(7-8)13(14,15)16/h2-7H,1H3,(H-,17,18)/p+1. The molecule has 2 rings (SSSR count). The third-order valence-electron chi connectivity index (χ3n) is 2.75.